The first-order valence-electron chi connectivity index (χ1n) is 4.65. The summed E-state index contributed by atoms with van der Waals surface area (Å²) in [4.78, 5) is 1.03. The Bertz CT molecular complexity index is 626. The molecule has 0 amide bonds. The molecule has 0 aliphatic rings. The van der Waals surface area contributed by atoms with E-state index >= 15 is 0 Å². The minimum atomic E-state index is 0.382. The lowest BCUT2D eigenvalue weighted by molar-refractivity contribution is 0.436. The van der Waals surface area contributed by atoms with Gasteiger partial charge in [0.1, 0.15) is 4.47 Å². The van der Waals surface area contributed by atoms with Crippen molar-refractivity contribution < 1.29 is 4.52 Å². The fourth-order valence-electron chi connectivity index (χ4n) is 1.54. The van der Waals surface area contributed by atoms with Gasteiger partial charge in [0.15, 0.2) is 11.6 Å². The summed E-state index contributed by atoms with van der Waals surface area (Å²) in [6.45, 7) is 0. The van der Waals surface area contributed by atoms with Gasteiger partial charge in [0.2, 0.25) is 0 Å². The van der Waals surface area contributed by atoms with Crippen LogP contribution in [0.2, 0.25) is 0 Å². The number of nitrogens with zero attached hydrogens (tertiary/aromatic N) is 1. The smallest absolute Gasteiger partial charge is 0.193 e. The average Bonchev–Trinajstić information content (AvgIpc) is 2.84. The molecule has 3 rings (SSSR count). The van der Waals surface area contributed by atoms with Crippen molar-refractivity contribution in [2.75, 3.05) is 5.73 Å². The number of nitrogens with two attached hydrogens (primary N) is 1. The van der Waals surface area contributed by atoms with Gasteiger partial charge in [-0.3, -0.25) is 0 Å². The van der Waals surface area contributed by atoms with E-state index in [4.69, 9.17) is 10.3 Å². The van der Waals surface area contributed by atoms with Gasteiger partial charge in [0, 0.05) is 4.70 Å². The van der Waals surface area contributed by atoms with Crippen molar-refractivity contribution in [3.8, 4) is 10.6 Å². The first-order chi connectivity index (χ1) is 7.75. The summed E-state index contributed by atoms with van der Waals surface area (Å²) in [5, 5.41) is 4.92. The van der Waals surface area contributed by atoms with Gasteiger partial charge < -0.3 is 10.3 Å². The lowest BCUT2D eigenvalue weighted by atomic mass is 10.2. The van der Waals surface area contributed by atoms with Crippen molar-refractivity contribution in [1.82, 2.24) is 5.16 Å². The summed E-state index contributed by atoms with van der Waals surface area (Å²) in [5.41, 5.74) is 5.63. The van der Waals surface area contributed by atoms with Gasteiger partial charge in [-0.05, 0) is 33.4 Å². The molecule has 16 heavy (non-hydrogen) atoms. The summed E-state index contributed by atoms with van der Waals surface area (Å²) in [6.07, 6.45) is 0. The Kier molecular flexibility index (Phi) is 2.22. The van der Waals surface area contributed by atoms with Crippen LogP contribution in [0.3, 0.4) is 0 Å². The van der Waals surface area contributed by atoms with E-state index in [0.29, 0.717) is 11.6 Å². The zero-order chi connectivity index (χ0) is 11.1. The molecule has 3 aromatic rings. The van der Waals surface area contributed by atoms with E-state index in [2.05, 4.69) is 39.3 Å². The lowest BCUT2D eigenvalue weighted by Gasteiger charge is -1.88. The molecule has 3 nitrogen and oxygen atoms in total. The maximum atomic E-state index is 5.63. The largest absolute Gasteiger partial charge is 0.380 e. The van der Waals surface area contributed by atoms with Gasteiger partial charge >= 0.3 is 0 Å². The summed E-state index contributed by atoms with van der Waals surface area (Å²) < 4.78 is 7.14. The van der Waals surface area contributed by atoms with Crippen molar-refractivity contribution in [2.24, 2.45) is 0 Å². The van der Waals surface area contributed by atoms with Gasteiger partial charge in [-0.1, -0.05) is 23.4 Å². The number of aromatic nitrogens is 1. The zero-order valence-corrected chi connectivity index (χ0v) is 10.5. The number of fused-ring (bicyclic) bond motifs is 1. The molecule has 1 aromatic carbocycles. The fraction of sp³-hybridized carbons (Fsp3) is 0. The van der Waals surface area contributed by atoms with E-state index < -0.39 is 0 Å². The van der Waals surface area contributed by atoms with Gasteiger partial charge in [0.05, 0.1) is 4.88 Å². The average molecular weight is 295 g/mol. The van der Waals surface area contributed by atoms with Crippen molar-refractivity contribution in [3.05, 3.63) is 34.8 Å². The molecule has 0 aliphatic heterocycles. The van der Waals surface area contributed by atoms with E-state index in [-0.39, 0.29) is 0 Å². The Hall–Kier alpha value is -1.33. The second-order valence-electron chi connectivity index (χ2n) is 3.36. The molecule has 0 radical (unpaired) electrons. The zero-order valence-electron chi connectivity index (χ0n) is 8.11. The molecule has 80 valence electrons. The van der Waals surface area contributed by atoms with Crippen LogP contribution in [0.15, 0.2) is 39.3 Å². The molecule has 0 saturated carbocycles. The van der Waals surface area contributed by atoms with E-state index in [9.17, 15) is 0 Å². The molecular formula is C11H7BrN2OS. The van der Waals surface area contributed by atoms with Gasteiger partial charge in [-0.25, -0.2) is 0 Å². The Morgan fingerprint density at radius 2 is 2.12 bits per heavy atom. The molecule has 2 N–H and O–H groups in total. The third-order valence-corrected chi connectivity index (χ3v) is 4.19. The first-order valence-corrected chi connectivity index (χ1v) is 6.26. The Morgan fingerprint density at radius 3 is 2.81 bits per heavy atom. The van der Waals surface area contributed by atoms with E-state index in [0.717, 1.165) is 9.35 Å². The van der Waals surface area contributed by atoms with Crippen LogP contribution in [0, 0.1) is 0 Å². The summed E-state index contributed by atoms with van der Waals surface area (Å²) in [6, 6.07) is 10.3. The fourth-order valence-corrected chi connectivity index (χ4v) is 3.07. The molecule has 0 fully saturated rings. The number of thiophene rings is 1. The normalized spacial score (nSPS) is 11.1. The van der Waals surface area contributed by atoms with Crippen molar-refractivity contribution in [3.63, 3.8) is 0 Å². The van der Waals surface area contributed by atoms with Crippen LogP contribution in [0.1, 0.15) is 0 Å². The molecule has 2 heterocycles. The van der Waals surface area contributed by atoms with Crippen LogP contribution in [0.4, 0.5) is 5.82 Å². The van der Waals surface area contributed by atoms with Crippen LogP contribution in [0.5, 0.6) is 0 Å². The predicted octanol–water partition coefficient (Wildman–Crippen LogP) is 3.90. The molecule has 0 atom stereocenters. The number of hydrogen-bond donors (Lipinski definition) is 1. The van der Waals surface area contributed by atoms with Gasteiger partial charge in [-0.15, -0.1) is 11.3 Å². The Labute approximate surface area is 104 Å². The highest BCUT2D eigenvalue weighted by atomic mass is 79.9. The first kappa shape index (κ1) is 9.86. The molecule has 0 aliphatic carbocycles. The lowest BCUT2D eigenvalue weighted by Crippen LogP contribution is -1.82. The molecule has 0 bridgehead atoms. The maximum absolute atomic E-state index is 5.63. The molecule has 0 saturated heterocycles. The van der Waals surface area contributed by atoms with E-state index in [1.165, 1.54) is 10.1 Å². The van der Waals surface area contributed by atoms with Crippen LogP contribution >= 0.6 is 27.3 Å². The minimum Gasteiger partial charge on any atom is -0.380 e. The van der Waals surface area contributed by atoms with Crippen molar-refractivity contribution in [1.29, 1.82) is 0 Å². The standard InChI is InChI=1S/C11H7BrN2OS/c12-9-10(15-14-11(9)13)8-5-6-3-1-2-4-7(6)16-8/h1-5H,(H2,13,14). The topological polar surface area (TPSA) is 52.0 Å². The van der Waals surface area contributed by atoms with Crippen LogP contribution in [-0.4, -0.2) is 5.16 Å². The monoisotopic (exact) mass is 294 g/mol. The summed E-state index contributed by atoms with van der Waals surface area (Å²) in [7, 11) is 0. The van der Waals surface area contributed by atoms with E-state index in [1.54, 1.807) is 11.3 Å². The highest BCUT2D eigenvalue weighted by molar-refractivity contribution is 9.10. The summed E-state index contributed by atoms with van der Waals surface area (Å²) >= 11 is 5.03. The van der Waals surface area contributed by atoms with Crippen LogP contribution in [0.25, 0.3) is 20.7 Å². The SMILES string of the molecule is Nc1noc(-c2cc3ccccc3s2)c1Br. The molecule has 5 heteroatoms. The molecular weight excluding hydrogens is 288 g/mol. The molecule has 0 spiro atoms. The highest BCUT2D eigenvalue weighted by Crippen LogP contribution is 2.39. The number of rotatable bonds is 1. The number of hydrogen-bond acceptors (Lipinski definition) is 4. The third-order valence-electron chi connectivity index (χ3n) is 2.31. The summed E-state index contributed by atoms with van der Waals surface area (Å²) in [5.74, 6) is 1.08. The minimum absolute atomic E-state index is 0.382. The van der Waals surface area contributed by atoms with Gasteiger partial charge in [0.25, 0.3) is 0 Å². The quantitative estimate of drug-likeness (QED) is 0.740. The Morgan fingerprint density at radius 1 is 1.31 bits per heavy atom. The van der Waals surface area contributed by atoms with Crippen molar-refractivity contribution in [2.45, 2.75) is 0 Å². The third kappa shape index (κ3) is 1.44. The second-order valence-corrected chi connectivity index (χ2v) is 5.24. The number of halogens is 1. The second kappa shape index (κ2) is 3.61. The molecule has 0 unspecified atom stereocenters. The Balaban J connectivity index is 2.23. The number of benzene rings is 1. The van der Waals surface area contributed by atoms with Gasteiger partial charge in [-0.2, -0.15) is 0 Å². The highest BCUT2D eigenvalue weighted by Gasteiger charge is 2.15. The van der Waals surface area contributed by atoms with E-state index in [1.807, 2.05) is 12.1 Å². The molecule has 2 aromatic heterocycles. The van der Waals surface area contributed by atoms with Crippen LogP contribution in [-0.2, 0) is 0 Å². The maximum Gasteiger partial charge on any atom is 0.193 e. The predicted molar refractivity (Wildman–Crippen MR) is 69.4 cm³/mol. The van der Waals surface area contributed by atoms with Crippen LogP contribution < -0.4 is 5.73 Å². The number of anilines is 1. The number of nitrogen functional groups attached to an aromatic ring is 1. The van der Waals surface area contributed by atoms with Crippen molar-refractivity contribution >= 4 is 43.2 Å².